The summed E-state index contributed by atoms with van der Waals surface area (Å²) in [5.41, 5.74) is 3.08. The maximum atomic E-state index is 12.3. The summed E-state index contributed by atoms with van der Waals surface area (Å²) in [6.45, 7) is 3.87. The number of para-hydroxylation sites is 1. The highest BCUT2D eigenvalue weighted by molar-refractivity contribution is 5.94. The van der Waals surface area contributed by atoms with Crippen molar-refractivity contribution in [3.63, 3.8) is 0 Å². The first-order chi connectivity index (χ1) is 10.2. The lowest BCUT2D eigenvalue weighted by molar-refractivity contribution is 0.0940. The van der Waals surface area contributed by atoms with Crippen LogP contribution in [-0.2, 0) is 0 Å². The van der Waals surface area contributed by atoms with Crippen molar-refractivity contribution >= 4 is 11.6 Å². The van der Waals surface area contributed by atoms with Crippen molar-refractivity contribution in [3.05, 3.63) is 65.7 Å². The fraction of sp³-hybridized carbons (Fsp3) is 0.278. The van der Waals surface area contributed by atoms with E-state index in [1.54, 1.807) is 0 Å². The second-order valence-corrected chi connectivity index (χ2v) is 5.61. The highest BCUT2D eigenvalue weighted by Crippen LogP contribution is 2.20. The largest absolute Gasteiger partial charge is 0.369 e. The number of carbonyl (C=O) groups is 1. The molecule has 3 rings (SSSR count). The van der Waals surface area contributed by atoms with Gasteiger partial charge in [0.15, 0.2) is 0 Å². The standard InChI is InChI=1S/C18H20N2O/c1-14-6-5-7-15(12-14)18(21)19-16-10-11-20(13-16)17-8-3-2-4-9-17/h2-9,12,16H,10-11,13H2,1H3,(H,19,21). The molecule has 1 amide bonds. The van der Waals surface area contributed by atoms with E-state index in [-0.39, 0.29) is 11.9 Å². The second kappa shape index (κ2) is 6.00. The summed E-state index contributed by atoms with van der Waals surface area (Å²) < 4.78 is 0. The molecule has 1 fully saturated rings. The fourth-order valence-electron chi connectivity index (χ4n) is 2.81. The van der Waals surface area contributed by atoms with E-state index in [0.717, 1.165) is 30.6 Å². The summed E-state index contributed by atoms with van der Waals surface area (Å²) in [4.78, 5) is 14.6. The molecule has 0 radical (unpaired) electrons. The van der Waals surface area contributed by atoms with Gasteiger partial charge in [0.05, 0.1) is 0 Å². The second-order valence-electron chi connectivity index (χ2n) is 5.61. The smallest absolute Gasteiger partial charge is 0.251 e. The monoisotopic (exact) mass is 280 g/mol. The summed E-state index contributed by atoms with van der Waals surface area (Å²) in [5, 5.41) is 3.14. The minimum atomic E-state index is 0.0265. The van der Waals surface area contributed by atoms with Crippen molar-refractivity contribution in [2.45, 2.75) is 19.4 Å². The van der Waals surface area contributed by atoms with Crippen molar-refractivity contribution in [1.82, 2.24) is 5.32 Å². The molecule has 3 nitrogen and oxygen atoms in total. The average Bonchev–Trinajstić information content (AvgIpc) is 2.97. The van der Waals surface area contributed by atoms with Gasteiger partial charge in [-0.05, 0) is 37.6 Å². The van der Waals surface area contributed by atoms with Crippen LogP contribution in [0.25, 0.3) is 0 Å². The summed E-state index contributed by atoms with van der Waals surface area (Å²) in [6.07, 6.45) is 0.993. The number of aryl methyl sites for hydroxylation is 1. The van der Waals surface area contributed by atoms with Crippen molar-refractivity contribution in [1.29, 1.82) is 0 Å². The van der Waals surface area contributed by atoms with Crippen molar-refractivity contribution in [2.75, 3.05) is 18.0 Å². The van der Waals surface area contributed by atoms with Crippen LogP contribution in [0.3, 0.4) is 0 Å². The Morgan fingerprint density at radius 1 is 1.14 bits per heavy atom. The molecule has 2 aromatic carbocycles. The van der Waals surface area contributed by atoms with Gasteiger partial charge in [-0.15, -0.1) is 0 Å². The van der Waals surface area contributed by atoms with E-state index in [0.29, 0.717) is 0 Å². The van der Waals surface area contributed by atoms with E-state index in [2.05, 4.69) is 22.3 Å². The number of nitrogens with zero attached hydrogens (tertiary/aromatic N) is 1. The van der Waals surface area contributed by atoms with Crippen LogP contribution >= 0.6 is 0 Å². The highest BCUT2D eigenvalue weighted by atomic mass is 16.1. The molecule has 1 atom stereocenters. The summed E-state index contributed by atoms with van der Waals surface area (Å²) in [7, 11) is 0. The molecule has 21 heavy (non-hydrogen) atoms. The molecule has 0 aromatic heterocycles. The lowest BCUT2D eigenvalue weighted by atomic mass is 10.1. The number of hydrogen-bond donors (Lipinski definition) is 1. The van der Waals surface area contributed by atoms with Gasteiger partial charge in [-0.3, -0.25) is 4.79 Å². The molecule has 0 aliphatic carbocycles. The Bertz CT molecular complexity index is 624. The van der Waals surface area contributed by atoms with Gasteiger partial charge in [-0.2, -0.15) is 0 Å². The van der Waals surface area contributed by atoms with Crippen LogP contribution in [0.4, 0.5) is 5.69 Å². The number of rotatable bonds is 3. The molecule has 1 saturated heterocycles. The Hall–Kier alpha value is -2.29. The number of anilines is 1. The molecule has 1 unspecified atom stereocenters. The van der Waals surface area contributed by atoms with Crippen LogP contribution in [0.5, 0.6) is 0 Å². The molecular weight excluding hydrogens is 260 g/mol. The molecule has 108 valence electrons. The van der Waals surface area contributed by atoms with Crippen molar-refractivity contribution in [2.24, 2.45) is 0 Å². The van der Waals surface area contributed by atoms with Gasteiger partial charge in [0.2, 0.25) is 0 Å². The topological polar surface area (TPSA) is 32.3 Å². The van der Waals surface area contributed by atoms with Gasteiger partial charge < -0.3 is 10.2 Å². The number of hydrogen-bond acceptors (Lipinski definition) is 2. The molecular formula is C18H20N2O. The van der Waals surface area contributed by atoms with E-state index in [4.69, 9.17) is 0 Å². The van der Waals surface area contributed by atoms with Crippen LogP contribution in [0.2, 0.25) is 0 Å². The molecule has 0 bridgehead atoms. The average molecular weight is 280 g/mol. The molecule has 1 N–H and O–H groups in total. The first kappa shape index (κ1) is 13.7. The van der Waals surface area contributed by atoms with E-state index >= 15 is 0 Å². The lowest BCUT2D eigenvalue weighted by Gasteiger charge is -2.19. The minimum absolute atomic E-state index is 0.0265. The highest BCUT2D eigenvalue weighted by Gasteiger charge is 2.24. The minimum Gasteiger partial charge on any atom is -0.369 e. The first-order valence-corrected chi connectivity index (χ1v) is 7.40. The molecule has 2 aromatic rings. The summed E-state index contributed by atoms with van der Waals surface area (Å²) in [5.74, 6) is 0.0265. The summed E-state index contributed by atoms with van der Waals surface area (Å²) in [6, 6.07) is 18.3. The Balaban J connectivity index is 1.61. The van der Waals surface area contributed by atoms with Crippen molar-refractivity contribution in [3.8, 4) is 0 Å². The normalized spacial score (nSPS) is 17.8. The SMILES string of the molecule is Cc1cccc(C(=O)NC2CCN(c3ccccc3)C2)c1. The number of nitrogens with one attached hydrogen (secondary N) is 1. The molecule has 3 heteroatoms. The van der Waals surface area contributed by atoms with Gasteiger partial charge >= 0.3 is 0 Å². The first-order valence-electron chi connectivity index (χ1n) is 7.40. The molecule has 0 spiro atoms. The third-order valence-electron chi connectivity index (χ3n) is 3.93. The molecule has 1 heterocycles. The summed E-state index contributed by atoms with van der Waals surface area (Å²) >= 11 is 0. The predicted octanol–water partition coefficient (Wildman–Crippen LogP) is 3.00. The van der Waals surface area contributed by atoms with Crippen LogP contribution < -0.4 is 10.2 Å². The van der Waals surface area contributed by atoms with Crippen LogP contribution in [0.1, 0.15) is 22.3 Å². The maximum Gasteiger partial charge on any atom is 0.251 e. The van der Waals surface area contributed by atoms with E-state index < -0.39 is 0 Å². The molecule has 1 aliphatic heterocycles. The van der Waals surface area contributed by atoms with E-state index in [1.807, 2.05) is 49.4 Å². The van der Waals surface area contributed by atoms with Crippen molar-refractivity contribution < 1.29 is 4.79 Å². The van der Waals surface area contributed by atoms with Gasteiger partial charge in [0.25, 0.3) is 5.91 Å². The third-order valence-corrected chi connectivity index (χ3v) is 3.93. The fourth-order valence-corrected chi connectivity index (χ4v) is 2.81. The number of amides is 1. The van der Waals surface area contributed by atoms with Crippen LogP contribution in [0, 0.1) is 6.92 Å². The van der Waals surface area contributed by atoms with Gasteiger partial charge in [0, 0.05) is 30.4 Å². The number of benzene rings is 2. The Morgan fingerprint density at radius 2 is 1.95 bits per heavy atom. The lowest BCUT2D eigenvalue weighted by Crippen LogP contribution is -2.37. The zero-order valence-corrected chi connectivity index (χ0v) is 12.3. The van der Waals surface area contributed by atoms with Crippen LogP contribution in [0.15, 0.2) is 54.6 Å². The van der Waals surface area contributed by atoms with Gasteiger partial charge in [-0.25, -0.2) is 0 Å². The van der Waals surface area contributed by atoms with Gasteiger partial charge in [0.1, 0.15) is 0 Å². The van der Waals surface area contributed by atoms with Crippen LogP contribution in [-0.4, -0.2) is 25.0 Å². The predicted molar refractivity (Wildman–Crippen MR) is 85.7 cm³/mol. The maximum absolute atomic E-state index is 12.3. The van der Waals surface area contributed by atoms with E-state index in [9.17, 15) is 4.79 Å². The van der Waals surface area contributed by atoms with E-state index in [1.165, 1.54) is 5.69 Å². The zero-order chi connectivity index (χ0) is 14.7. The van der Waals surface area contributed by atoms with Gasteiger partial charge in [-0.1, -0.05) is 35.9 Å². The Labute approximate surface area is 125 Å². The zero-order valence-electron chi connectivity index (χ0n) is 12.3. The Kier molecular flexibility index (Phi) is 3.91. The quantitative estimate of drug-likeness (QED) is 0.937. The molecule has 0 saturated carbocycles. The number of carbonyl (C=O) groups excluding carboxylic acids is 1. The Morgan fingerprint density at radius 3 is 2.71 bits per heavy atom. The molecule has 1 aliphatic rings. The third kappa shape index (κ3) is 3.24.